The van der Waals surface area contributed by atoms with Gasteiger partial charge in [0.1, 0.15) is 77.2 Å². The number of nitrogens with zero attached hydrogens (tertiary/aromatic N) is 7. The van der Waals surface area contributed by atoms with E-state index in [-0.39, 0.29) is 73.2 Å². The lowest BCUT2D eigenvalue weighted by molar-refractivity contribution is -0.141. The normalized spacial score (nSPS) is 19.1. The Labute approximate surface area is 500 Å². The number of aliphatic carboxylic acids is 1. The van der Waals surface area contributed by atoms with Crippen LogP contribution < -0.4 is 26.6 Å². The van der Waals surface area contributed by atoms with Gasteiger partial charge in [-0.2, -0.15) is 0 Å². The van der Waals surface area contributed by atoms with Crippen LogP contribution in [0.5, 0.6) is 0 Å². The monoisotopic (exact) mass is 1230 g/mol. The predicted molar refractivity (Wildman–Crippen MR) is 320 cm³/mol. The van der Waals surface area contributed by atoms with E-state index in [1.54, 1.807) is 66.6 Å². The van der Waals surface area contributed by atoms with E-state index < -0.39 is 47.8 Å². The van der Waals surface area contributed by atoms with Crippen molar-refractivity contribution in [3.63, 3.8) is 0 Å². The molecule has 21 nitrogen and oxygen atoms in total. The van der Waals surface area contributed by atoms with Gasteiger partial charge in [-0.3, -0.25) is 28.8 Å². The fourth-order valence-corrected chi connectivity index (χ4v) is 15.3. The second kappa shape index (κ2) is 25.6. The van der Waals surface area contributed by atoms with Crippen LogP contribution in [0.2, 0.25) is 0 Å². The van der Waals surface area contributed by atoms with Gasteiger partial charge in [0, 0.05) is 64.4 Å². The van der Waals surface area contributed by atoms with Gasteiger partial charge >= 0.3 is 5.97 Å². The highest BCUT2D eigenvalue weighted by atomic mass is 32.1. The average molecular weight is 1230 g/mol. The zero-order chi connectivity index (χ0) is 58.6. The van der Waals surface area contributed by atoms with E-state index in [2.05, 4.69) is 33.2 Å². The largest absolute Gasteiger partial charge is 0.481 e. The molecule has 1 fully saturated rings. The Bertz CT molecular complexity index is 3750. The molecule has 1 aliphatic carbocycles. The molecule has 1 aromatic carbocycles. The first-order chi connectivity index (χ1) is 39.9. The molecule has 6 atom stereocenters. The number of pyridine rings is 1. The Balaban J connectivity index is 1.04. The van der Waals surface area contributed by atoms with Crippen molar-refractivity contribution in [2.45, 2.75) is 83.6 Å². The summed E-state index contributed by atoms with van der Waals surface area (Å²) in [4.78, 5) is 116. The van der Waals surface area contributed by atoms with E-state index in [0.717, 1.165) is 4.88 Å². The molecule has 83 heavy (non-hydrogen) atoms. The van der Waals surface area contributed by atoms with E-state index in [1.807, 2.05) is 25.3 Å². The summed E-state index contributed by atoms with van der Waals surface area (Å²) >= 11 is 7.57. The predicted octanol–water partition coefficient (Wildman–Crippen LogP) is 9.47. The molecule has 27 heteroatoms. The Kier molecular flexibility index (Phi) is 18.2. The van der Waals surface area contributed by atoms with E-state index in [1.165, 1.54) is 75.1 Å². The van der Waals surface area contributed by atoms with Crippen LogP contribution in [0.3, 0.4) is 0 Å². The molecule has 1 unspecified atom stereocenters. The van der Waals surface area contributed by atoms with E-state index in [0.29, 0.717) is 98.9 Å². The molecule has 1 aliphatic heterocycles. The summed E-state index contributed by atoms with van der Waals surface area (Å²) < 4.78 is 5.58. The summed E-state index contributed by atoms with van der Waals surface area (Å²) in [6.07, 6.45) is -0.211. The zero-order valence-electron chi connectivity index (χ0n) is 45.4. The Morgan fingerprint density at radius 1 is 0.771 bits per heavy atom. The van der Waals surface area contributed by atoms with Crippen LogP contribution in [0.4, 0.5) is 5.82 Å². The number of anilines is 1. The third-order valence-electron chi connectivity index (χ3n) is 14.1. The van der Waals surface area contributed by atoms with Crippen molar-refractivity contribution in [3.05, 3.63) is 118 Å². The maximum Gasteiger partial charge on any atom is 0.306 e. The highest BCUT2D eigenvalue weighted by molar-refractivity contribution is 7.15. The second-order valence-electron chi connectivity index (χ2n) is 20.1. The number of benzene rings is 1. The number of rotatable bonds is 11. The minimum atomic E-state index is -1.21. The number of Topliss-reactive ketones (excluding diaryl/α,β-unsaturated/α-hetero) is 1. The van der Waals surface area contributed by atoms with Gasteiger partial charge in [0.05, 0.1) is 52.8 Å². The summed E-state index contributed by atoms with van der Waals surface area (Å²) in [6, 6.07) is 10.6. The number of amides is 4. The number of aromatic nitrogens is 7. The van der Waals surface area contributed by atoms with Gasteiger partial charge < -0.3 is 41.5 Å². The lowest BCUT2D eigenvalue weighted by atomic mass is 9.90. The van der Waals surface area contributed by atoms with E-state index in [4.69, 9.17) is 39.6 Å². The molecule has 8 aromatic rings. The molecule has 7 N–H and O–H groups in total. The van der Waals surface area contributed by atoms with Crippen LogP contribution in [0.15, 0.2) is 70.6 Å². The van der Waals surface area contributed by atoms with Gasteiger partial charge in [0.2, 0.25) is 17.7 Å². The van der Waals surface area contributed by atoms with Crippen molar-refractivity contribution < 1.29 is 43.7 Å². The van der Waals surface area contributed by atoms with Gasteiger partial charge in [0.15, 0.2) is 5.78 Å². The third-order valence-corrected chi connectivity index (χ3v) is 19.9. The number of carbonyl (C=O) groups excluding carboxylic acids is 5. The molecular formula is C56H56N12O9S6. The minimum Gasteiger partial charge on any atom is -0.481 e. The SMILES string of the molecule is C=C1NCC(=O)N[C@@H]([C@@H](O)c2ccccc2)c2nc(cs2)-c2nc(cs2)-c2nc(-c3nc(NC(=O)C4CC[C@@H](C(=O)O)C4)cs3)ccc2-c2nc(cs2)C(=O)N[C@@H](CC(=O)NC)c2nc(c(C)s2)C(=O)C[C@H](C(C)C)c2nc1c(COC)s2. The molecule has 0 saturated heterocycles. The topological polar surface area (TPSA) is 302 Å². The van der Waals surface area contributed by atoms with Gasteiger partial charge in [-0.1, -0.05) is 50.8 Å². The molecule has 8 heterocycles. The third kappa shape index (κ3) is 13.2. The lowest BCUT2D eigenvalue weighted by Gasteiger charge is -2.23. The molecule has 2 aliphatic rings. The van der Waals surface area contributed by atoms with Crippen LogP contribution >= 0.6 is 68.0 Å². The van der Waals surface area contributed by atoms with Crippen molar-refractivity contribution in [1.82, 2.24) is 56.2 Å². The van der Waals surface area contributed by atoms with E-state index in [9.17, 15) is 39.0 Å². The van der Waals surface area contributed by atoms with Crippen LogP contribution in [-0.4, -0.2) is 101 Å². The van der Waals surface area contributed by atoms with Gasteiger partial charge in [-0.25, -0.2) is 34.9 Å². The fourth-order valence-electron chi connectivity index (χ4n) is 9.65. The van der Waals surface area contributed by atoms with Crippen LogP contribution in [-0.2, 0) is 30.5 Å². The number of carbonyl (C=O) groups is 6. The number of thiazole rings is 6. The van der Waals surface area contributed by atoms with Crippen LogP contribution in [0, 0.1) is 24.7 Å². The van der Waals surface area contributed by atoms with Crippen LogP contribution in [0.1, 0.15) is 127 Å². The summed E-state index contributed by atoms with van der Waals surface area (Å²) in [6.45, 7) is 9.98. The molecule has 0 radical (unpaired) electrons. The van der Waals surface area contributed by atoms with Gasteiger partial charge in [-0.15, -0.1) is 68.0 Å². The Morgan fingerprint density at radius 3 is 2.23 bits per heavy atom. The number of aliphatic hydroxyl groups is 1. The summed E-state index contributed by atoms with van der Waals surface area (Å²) in [5.74, 6) is -4.03. The summed E-state index contributed by atoms with van der Waals surface area (Å²) in [5.41, 5.74) is 3.89. The number of carboxylic acid groups (broad SMARTS) is 1. The number of hydrogen-bond acceptors (Lipinski definition) is 22. The van der Waals surface area contributed by atoms with E-state index >= 15 is 0 Å². The first kappa shape index (κ1) is 58.8. The number of aliphatic hydroxyl groups excluding tert-OH is 1. The summed E-state index contributed by atoms with van der Waals surface area (Å²) in [7, 11) is 3.06. The molecule has 10 rings (SSSR count). The molecular weight excluding hydrogens is 1180 g/mol. The van der Waals surface area contributed by atoms with Crippen molar-refractivity contribution in [1.29, 1.82) is 0 Å². The quantitative estimate of drug-likeness (QED) is 0.0634. The fraction of sp³-hybridized carbons (Fsp3) is 0.339. The van der Waals surface area contributed by atoms with Crippen LogP contribution in [0.25, 0.3) is 49.1 Å². The number of hydrogen-bond donors (Lipinski definition) is 7. The first-order valence-electron chi connectivity index (χ1n) is 26.3. The van der Waals surface area contributed by atoms with Gasteiger partial charge in [-0.05, 0) is 49.8 Å². The second-order valence-corrected chi connectivity index (χ2v) is 26.0. The molecule has 430 valence electrons. The molecule has 7 aromatic heterocycles. The zero-order valence-corrected chi connectivity index (χ0v) is 50.3. The smallest absolute Gasteiger partial charge is 0.306 e. The maximum atomic E-state index is 14.4. The van der Waals surface area contributed by atoms with Crippen molar-refractivity contribution in [2.75, 3.05) is 26.0 Å². The molecule has 10 bridgehead atoms. The lowest BCUT2D eigenvalue weighted by Crippen LogP contribution is -2.38. The summed E-state index contributed by atoms with van der Waals surface area (Å²) in [5, 5.41) is 45.7. The number of fused-ring (bicyclic) bond motifs is 14. The molecule has 1 saturated carbocycles. The Morgan fingerprint density at radius 2 is 1.48 bits per heavy atom. The van der Waals surface area contributed by atoms with Crippen molar-refractivity contribution >= 4 is 115 Å². The number of ether oxygens (including phenoxy) is 1. The highest BCUT2D eigenvalue weighted by Crippen LogP contribution is 2.41. The number of ketones is 1. The number of carboxylic acids is 1. The maximum absolute atomic E-state index is 14.4. The number of methoxy groups -OCH3 is 1. The Hall–Kier alpha value is -7.37. The van der Waals surface area contributed by atoms with Crippen molar-refractivity contribution in [2.24, 2.45) is 17.8 Å². The highest BCUT2D eigenvalue weighted by Gasteiger charge is 2.35. The molecule has 4 amide bonds. The minimum absolute atomic E-state index is 0.0440. The number of nitrogens with one attached hydrogen (secondary N) is 5. The standard InChI is InChI=1S/C56H56N12O9S6/c1-25(2)32-17-38(69)44-27(4)82-54(68-44)34(18-41(70)57-5)60-49(74)36-22-78-50(62-36)31-14-15-33(52-65-40(24-81-52)64-48(73)29-12-13-30(16-29)56(75)76)59-45(31)35-21-79-53(61-35)37-23-80-55(63-37)46(47(72)28-10-8-7-9-11-28)66-42(71)19-58-26(3)43-39(20-77-6)83-51(32)67-43/h7-11,14-15,21-25,29-30,32,34,46-47,58,72H,3,12-13,16-20H2,1-2,4-6H3,(H,57,70)(H,60,74)(H,64,73)(H,66,71)(H,75,76)/t29?,30-,32-,34+,46+,47+/m1/s1. The van der Waals surface area contributed by atoms with Gasteiger partial charge in [0.25, 0.3) is 5.91 Å². The van der Waals surface area contributed by atoms with Crippen molar-refractivity contribution in [3.8, 4) is 43.4 Å². The first-order valence-corrected chi connectivity index (χ1v) is 31.4. The molecule has 0 spiro atoms. The number of aryl methyl sites for hydroxylation is 1. The average Bonchev–Trinajstić information content (AvgIpc) is 3.79.